The van der Waals surface area contributed by atoms with Crippen molar-refractivity contribution in [1.82, 2.24) is 4.72 Å². The van der Waals surface area contributed by atoms with Crippen molar-refractivity contribution in [2.24, 2.45) is 0 Å². The summed E-state index contributed by atoms with van der Waals surface area (Å²) in [7, 11) is -2.09. The van der Waals surface area contributed by atoms with Gasteiger partial charge in [-0.15, -0.1) is 6.42 Å². The third-order valence-corrected chi connectivity index (χ3v) is 3.79. The van der Waals surface area contributed by atoms with Gasteiger partial charge in [0.1, 0.15) is 5.75 Å². The first-order chi connectivity index (χ1) is 7.80. The van der Waals surface area contributed by atoms with Crippen molar-refractivity contribution in [3.8, 4) is 18.1 Å². The zero-order chi connectivity index (χ0) is 13.1. The summed E-state index contributed by atoms with van der Waals surface area (Å²) >= 11 is 0. The quantitative estimate of drug-likeness (QED) is 0.825. The smallest absolute Gasteiger partial charge is 0.241 e. The molecule has 0 amide bonds. The lowest BCUT2D eigenvalue weighted by atomic mass is 10.1. The lowest BCUT2D eigenvalue weighted by molar-refractivity contribution is 0.414. The van der Waals surface area contributed by atoms with Crippen molar-refractivity contribution in [2.45, 2.75) is 24.3 Å². The maximum Gasteiger partial charge on any atom is 0.241 e. The van der Waals surface area contributed by atoms with Gasteiger partial charge in [-0.2, -0.15) is 4.72 Å². The van der Waals surface area contributed by atoms with Crippen LogP contribution in [0.2, 0.25) is 0 Å². The second-order valence-electron chi connectivity index (χ2n) is 4.05. The normalized spacial score (nSPS) is 11.9. The highest BCUT2D eigenvalue weighted by Gasteiger charge is 2.23. The Balaban J connectivity index is 3.02. The molecule has 0 saturated carbocycles. The van der Waals surface area contributed by atoms with Gasteiger partial charge in [0.15, 0.2) is 0 Å². The van der Waals surface area contributed by atoms with Crippen molar-refractivity contribution < 1.29 is 13.2 Å². The summed E-state index contributed by atoms with van der Waals surface area (Å²) in [5, 5.41) is 0. The third kappa shape index (κ3) is 3.48. The minimum absolute atomic E-state index is 0.154. The fraction of sp³-hybridized carbons (Fsp3) is 0.333. The maximum absolute atomic E-state index is 12.0. The SMILES string of the molecule is C#CC(C)(C)NS(=O)(=O)c1ccc(OC)cc1. The van der Waals surface area contributed by atoms with Gasteiger partial charge in [0, 0.05) is 0 Å². The molecule has 4 nitrogen and oxygen atoms in total. The van der Waals surface area contributed by atoms with Gasteiger partial charge < -0.3 is 4.74 Å². The van der Waals surface area contributed by atoms with Crippen molar-refractivity contribution in [2.75, 3.05) is 7.11 Å². The number of rotatable bonds is 4. The highest BCUT2D eigenvalue weighted by atomic mass is 32.2. The van der Waals surface area contributed by atoms with Crippen molar-refractivity contribution in [1.29, 1.82) is 0 Å². The zero-order valence-corrected chi connectivity index (χ0v) is 10.8. The van der Waals surface area contributed by atoms with Crippen molar-refractivity contribution in [3.05, 3.63) is 24.3 Å². The summed E-state index contributed by atoms with van der Waals surface area (Å²) in [5.41, 5.74) is -0.918. The van der Waals surface area contributed by atoms with E-state index >= 15 is 0 Å². The first kappa shape index (κ1) is 13.6. The van der Waals surface area contributed by atoms with Crippen LogP contribution in [0.1, 0.15) is 13.8 Å². The van der Waals surface area contributed by atoms with Gasteiger partial charge in [-0.25, -0.2) is 8.42 Å². The van der Waals surface area contributed by atoms with Gasteiger partial charge in [0.2, 0.25) is 10.0 Å². The Morgan fingerprint density at radius 2 is 1.82 bits per heavy atom. The minimum atomic E-state index is -3.60. The van der Waals surface area contributed by atoms with Crippen LogP contribution in [0.3, 0.4) is 0 Å². The number of benzene rings is 1. The molecule has 0 saturated heterocycles. The van der Waals surface area contributed by atoms with E-state index in [9.17, 15) is 8.42 Å². The molecule has 0 bridgehead atoms. The molecule has 0 aliphatic carbocycles. The van der Waals surface area contributed by atoms with Crippen molar-refractivity contribution in [3.63, 3.8) is 0 Å². The molecule has 0 aromatic heterocycles. The van der Waals surface area contributed by atoms with Gasteiger partial charge in [-0.1, -0.05) is 5.92 Å². The fourth-order valence-electron chi connectivity index (χ4n) is 1.18. The molecule has 0 atom stereocenters. The van der Waals surface area contributed by atoms with Crippen LogP contribution in [0, 0.1) is 12.3 Å². The Morgan fingerprint density at radius 1 is 1.29 bits per heavy atom. The van der Waals surface area contributed by atoms with E-state index in [1.165, 1.54) is 19.2 Å². The predicted molar refractivity (Wildman–Crippen MR) is 66.2 cm³/mol. The molecule has 0 fully saturated rings. The van der Waals surface area contributed by atoms with Gasteiger partial charge in [-0.05, 0) is 38.1 Å². The standard InChI is InChI=1S/C12H15NO3S/c1-5-12(2,3)13-17(14,15)11-8-6-10(16-4)7-9-11/h1,6-9,13H,2-4H3. The molecular formula is C12H15NO3S. The minimum Gasteiger partial charge on any atom is -0.497 e. The highest BCUT2D eigenvalue weighted by molar-refractivity contribution is 7.89. The van der Waals surface area contributed by atoms with E-state index < -0.39 is 15.6 Å². The van der Waals surface area contributed by atoms with Crippen LogP contribution >= 0.6 is 0 Å². The molecule has 0 aliphatic rings. The number of sulfonamides is 1. The average molecular weight is 253 g/mol. The summed E-state index contributed by atoms with van der Waals surface area (Å²) in [5.74, 6) is 2.97. The van der Waals surface area contributed by atoms with E-state index in [-0.39, 0.29) is 4.90 Å². The van der Waals surface area contributed by atoms with Crippen LogP contribution in [0.25, 0.3) is 0 Å². The summed E-state index contributed by atoms with van der Waals surface area (Å²) in [6.45, 7) is 3.24. The molecule has 1 rings (SSSR count). The average Bonchev–Trinajstić information content (AvgIpc) is 2.28. The Bertz CT molecular complexity index is 524. The van der Waals surface area contributed by atoms with E-state index in [4.69, 9.17) is 11.2 Å². The molecule has 0 heterocycles. The number of hydrogen-bond donors (Lipinski definition) is 1. The molecule has 1 aromatic carbocycles. The fourth-order valence-corrected chi connectivity index (χ4v) is 2.52. The summed E-state index contributed by atoms with van der Waals surface area (Å²) < 4.78 is 31.3. The topological polar surface area (TPSA) is 55.4 Å². The van der Waals surface area contributed by atoms with Crippen LogP contribution in [-0.2, 0) is 10.0 Å². The molecule has 1 aromatic rings. The van der Waals surface area contributed by atoms with Gasteiger partial charge >= 0.3 is 0 Å². The molecule has 92 valence electrons. The highest BCUT2D eigenvalue weighted by Crippen LogP contribution is 2.17. The lowest BCUT2D eigenvalue weighted by Gasteiger charge is -2.19. The first-order valence-corrected chi connectivity index (χ1v) is 6.45. The van der Waals surface area contributed by atoms with Crippen molar-refractivity contribution >= 4 is 10.0 Å². The number of hydrogen-bond acceptors (Lipinski definition) is 3. The van der Waals surface area contributed by atoms with E-state index in [2.05, 4.69) is 10.6 Å². The Kier molecular flexibility index (Phi) is 3.81. The molecule has 0 aliphatic heterocycles. The molecule has 5 heteroatoms. The van der Waals surface area contributed by atoms with Crippen LogP contribution in [0.5, 0.6) is 5.75 Å². The largest absolute Gasteiger partial charge is 0.497 e. The first-order valence-electron chi connectivity index (χ1n) is 4.96. The number of nitrogens with one attached hydrogen (secondary N) is 1. The number of ether oxygens (including phenoxy) is 1. The second-order valence-corrected chi connectivity index (χ2v) is 5.73. The zero-order valence-electron chi connectivity index (χ0n) is 10.0. The number of terminal acetylenes is 1. The molecular weight excluding hydrogens is 238 g/mol. The third-order valence-electron chi connectivity index (χ3n) is 2.12. The van der Waals surface area contributed by atoms with Gasteiger partial charge in [-0.3, -0.25) is 0 Å². The van der Waals surface area contributed by atoms with Crippen LogP contribution in [0.15, 0.2) is 29.2 Å². The predicted octanol–water partition coefficient (Wildman–Crippen LogP) is 1.39. The van der Waals surface area contributed by atoms with E-state index in [1.807, 2.05) is 0 Å². The summed E-state index contributed by atoms with van der Waals surface area (Å²) in [6, 6.07) is 6.09. The van der Waals surface area contributed by atoms with Gasteiger partial charge in [0.25, 0.3) is 0 Å². The molecule has 0 radical (unpaired) electrons. The Hall–Kier alpha value is -1.51. The Labute approximate surface area is 102 Å². The van der Waals surface area contributed by atoms with Crippen LogP contribution in [0.4, 0.5) is 0 Å². The molecule has 0 spiro atoms. The summed E-state index contributed by atoms with van der Waals surface area (Å²) in [6.07, 6.45) is 5.24. The van der Waals surface area contributed by atoms with E-state index in [0.29, 0.717) is 5.75 Å². The maximum atomic E-state index is 12.0. The van der Waals surface area contributed by atoms with Crippen LogP contribution in [-0.4, -0.2) is 21.1 Å². The lowest BCUT2D eigenvalue weighted by Crippen LogP contribution is -2.41. The van der Waals surface area contributed by atoms with E-state index in [0.717, 1.165) is 0 Å². The molecule has 1 N–H and O–H groups in total. The summed E-state index contributed by atoms with van der Waals surface area (Å²) in [4.78, 5) is 0.154. The van der Waals surface area contributed by atoms with Gasteiger partial charge in [0.05, 0.1) is 17.5 Å². The monoisotopic (exact) mass is 253 g/mol. The molecule has 0 unspecified atom stereocenters. The Morgan fingerprint density at radius 3 is 2.24 bits per heavy atom. The molecule has 17 heavy (non-hydrogen) atoms. The van der Waals surface area contributed by atoms with E-state index in [1.54, 1.807) is 26.0 Å². The number of methoxy groups -OCH3 is 1. The van der Waals surface area contributed by atoms with Crippen LogP contribution < -0.4 is 9.46 Å². The second kappa shape index (κ2) is 4.78.